The number of fused-ring (bicyclic) bond motifs is 2. The van der Waals surface area contributed by atoms with Crippen LogP contribution >= 0.6 is 0 Å². The Bertz CT molecular complexity index is 568. The third-order valence-electron chi connectivity index (χ3n) is 6.03. The van der Waals surface area contributed by atoms with Crippen LogP contribution in [0.2, 0.25) is 0 Å². The first-order valence-electron chi connectivity index (χ1n) is 8.60. The molecule has 3 fully saturated rings. The second-order valence-electron chi connectivity index (χ2n) is 7.24. The summed E-state index contributed by atoms with van der Waals surface area (Å²) in [5, 5.41) is 0. The van der Waals surface area contributed by atoms with Crippen LogP contribution in [0.15, 0.2) is 24.3 Å². The van der Waals surface area contributed by atoms with Crippen molar-refractivity contribution in [2.75, 3.05) is 26.2 Å². The van der Waals surface area contributed by atoms with Gasteiger partial charge in [0.05, 0.1) is 32.2 Å². The van der Waals surface area contributed by atoms with Crippen LogP contribution in [-0.4, -0.2) is 43.0 Å². The van der Waals surface area contributed by atoms with Gasteiger partial charge in [-0.2, -0.15) is 0 Å². The van der Waals surface area contributed by atoms with Crippen molar-refractivity contribution in [1.29, 1.82) is 0 Å². The third kappa shape index (κ3) is 2.54. The highest BCUT2D eigenvalue weighted by atomic mass is 19.1. The van der Waals surface area contributed by atoms with Gasteiger partial charge < -0.3 is 9.80 Å². The van der Waals surface area contributed by atoms with Crippen LogP contribution in [0, 0.1) is 17.7 Å². The minimum atomic E-state index is -0.336. The second kappa shape index (κ2) is 5.65. The molecule has 118 valence electrons. The van der Waals surface area contributed by atoms with E-state index < -0.39 is 0 Å². The standard InChI is InChI=1S/C18H23FN2O/c19-16-3-1-2-15(12-16)18(22)21-8-6-20(7-9-21)17-11-13-4-5-14(17)10-13/h1-3,12-14,17H,4-11H2/p+1/t13-,14+,17-/m0/s1. The van der Waals surface area contributed by atoms with Gasteiger partial charge in [0.15, 0.2) is 0 Å². The number of piperazine rings is 1. The van der Waals surface area contributed by atoms with Crippen molar-refractivity contribution in [2.45, 2.75) is 31.7 Å². The Kier molecular flexibility index (Phi) is 3.65. The van der Waals surface area contributed by atoms with Gasteiger partial charge in [-0.05, 0) is 43.4 Å². The second-order valence-corrected chi connectivity index (χ2v) is 7.24. The molecule has 2 aliphatic carbocycles. The summed E-state index contributed by atoms with van der Waals surface area (Å²) < 4.78 is 13.3. The number of halogens is 1. The van der Waals surface area contributed by atoms with Crippen molar-refractivity contribution < 1.29 is 14.1 Å². The number of benzene rings is 1. The molecule has 2 bridgehead atoms. The van der Waals surface area contributed by atoms with Crippen molar-refractivity contribution >= 4 is 5.91 Å². The maximum absolute atomic E-state index is 13.3. The lowest BCUT2D eigenvalue weighted by molar-refractivity contribution is -0.932. The summed E-state index contributed by atoms with van der Waals surface area (Å²) >= 11 is 0. The van der Waals surface area contributed by atoms with Gasteiger partial charge in [-0.15, -0.1) is 0 Å². The number of nitrogens with zero attached hydrogens (tertiary/aromatic N) is 1. The number of hydrogen-bond donors (Lipinski definition) is 1. The molecule has 3 aliphatic rings. The average Bonchev–Trinajstić information content (AvgIpc) is 3.17. The lowest BCUT2D eigenvalue weighted by Gasteiger charge is -2.38. The largest absolute Gasteiger partial charge is 0.329 e. The number of amides is 1. The summed E-state index contributed by atoms with van der Waals surface area (Å²) in [4.78, 5) is 16.1. The minimum absolute atomic E-state index is 0.0218. The molecule has 0 radical (unpaired) electrons. The lowest BCUT2D eigenvalue weighted by atomic mass is 9.93. The number of hydrogen-bond acceptors (Lipinski definition) is 1. The van der Waals surface area contributed by atoms with Gasteiger partial charge in [0.1, 0.15) is 5.82 Å². The number of rotatable bonds is 2. The lowest BCUT2D eigenvalue weighted by Crippen LogP contribution is -3.18. The van der Waals surface area contributed by atoms with Crippen molar-refractivity contribution in [1.82, 2.24) is 4.90 Å². The highest BCUT2D eigenvalue weighted by Gasteiger charge is 2.45. The van der Waals surface area contributed by atoms with Crippen molar-refractivity contribution in [3.8, 4) is 0 Å². The van der Waals surface area contributed by atoms with Crippen LogP contribution in [0.3, 0.4) is 0 Å². The molecule has 1 heterocycles. The summed E-state index contributed by atoms with van der Waals surface area (Å²) in [6.07, 6.45) is 5.71. The Morgan fingerprint density at radius 3 is 2.64 bits per heavy atom. The molecule has 1 amide bonds. The van der Waals surface area contributed by atoms with E-state index in [0.717, 1.165) is 44.1 Å². The first-order chi connectivity index (χ1) is 10.7. The highest BCUT2D eigenvalue weighted by Crippen LogP contribution is 2.43. The molecular formula is C18H24FN2O+. The molecule has 2 saturated carbocycles. The Morgan fingerprint density at radius 2 is 2.00 bits per heavy atom. The van der Waals surface area contributed by atoms with Crippen LogP contribution in [-0.2, 0) is 0 Å². The molecule has 1 aromatic rings. The predicted molar refractivity (Wildman–Crippen MR) is 82.2 cm³/mol. The van der Waals surface area contributed by atoms with Gasteiger partial charge >= 0.3 is 0 Å². The zero-order valence-corrected chi connectivity index (χ0v) is 12.9. The van der Waals surface area contributed by atoms with E-state index >= 15 is 0 Å². The zero-order chi connectivity index (χ0) is 15.1. The van der Waals surface area contributed by atoms with Crippen molar-refractivity contribution in [3.63, 3.8) is 0 Å². The number of carbonyl (C=O) groups excluding carboxylic acids is 1. The van der Waals surface area contributed by atoms with Gasteiger partial charge in [-0.3, -0.25) is 4.79 Å². The van der Waals surface area contributed by atoms with E-state index in [1.54, 1.807) is 17.0 Å². The summed E-state index contributed by atoms with van der Waals surface area (Å²) in [5.41, 5.74) is 0.475. The molecule has 1 N–H and O–H groups in total. The summed E-state index contributed by atoms with van der Waals surface area (Å²) in [7, 11) is 0. The smallest absolute Gasteiger partial charge is 0.254 e. The summed E-state index contributed by atoms with van der Waals surface area (Å²) in [5.74, 6) is 1.56. The van der Waals surface area contributed by atoms with E-state index in [0.29, 0.717) is 5.56 Å². The number of quaternary nitrogens is 1. The van der Waals surface area contributed by atoms with E-state index in [1.165, 1.54) is 37.8 Å². The zero-order valence-electron chi connectivity index (χ0n) is 12.9. The Morgan fingerprint density at radius 1 is 1.18 bits per heavy atom. The van der Waals surface area contributed by atoms with Crippen LogP contribution in [0.5, 0.6) is 0 Å². The fourth-order valence-electron chi connectivity index (χ4n) is 4.92. The average molecular weight is 303 g/mol. The van der Waals surface area contributed by atoms with E-state index in [1.807, 2.05) is 4.90 Å². The SMILES string of the molecule is O=C(c1cccc(F)c1)N1CC[NH+]([C@H]2C[C@H]3CC[C@@H]2C3)CC1. The van der Waals surface area contributed by atoms with Crippen LogP contribution in [0.25, 0.3) is 0 Å². The summed E-state index contributed by atoms with van der Waals surface area (Å²) in [6.45, 7) is 3.71. The first-order valence-corrected chi connectivity index (χ1v) is 8.60. The molecule has 0 spiro atoms. The van der Waals surface area contributed by atoms with E-state index in [4.69, 9.17) is 0 Å². The first kappa shape index (κ1) is 14.2. The van der Waals surface area contributed by atoms with Gasteiger partial charge in [0, 0.05) is 17.9 Å². The molecule has 0 unspecified atom stereocenters. The molecule has 1 aliphatic heterocycles. The Balaban J connectivity index is 1.36. The number of nitrogens with one attached hydrogen (secondary N) is 1. The molecule has 3 atom stereocenters. The normalized spacial score (nSPS) is 31.7. The molecule has 4 heteroatoms. The highest BCUT2D eigenvalue weighted by molar-refractivity contribution is 5.94. The van der Waals surface area contributed by atoms with E-state index in [-0.39, 0.29) is 11.7 Å². The van der Waals surface area contributed by atoms with Crippen molar-refractivity contribution in [3.05, 3.63) is 35.6 Å². The molecule has 0 aromatic heterocycles. The molecular weight excluding hydrogens is 279 g/mol. The van der Waals surface area contributed by atoms with Crippen LogP contribution in [0.1, 0.15) is 36.0 Å². The quantitative estimate of drug-likeness (QED) is 0.876. The maximum atomic E-state index is 13.3. The van der Waals surface area contributed by atoms with Gasteiger partial charge in [0.2, 0.25) is 0 Å². The van der Waals surface area contributed by atoms with Crippen LogP contribution in [0.4, 0.5) is 4.39 Å². The molecule has 1 saturated heterocycles. The number of carbonyl (C=O) groups is 1. The Labute approximate surface area is 131 Å². The molecule has 22 heavy (non-hydrogen) atoms. The van der Waals surface area contributed by atoms with E-state index in [9.17, 15) is 9.18 Å². The van der Waals surface area contributed by atoms with Crippen molar-refractivity contribution in [2.24, 2.45) is 11.8 Å². The predicted octanol–water partition coefficient (Wildman–Crippen LogP) is 1.35. The van der Waals surface area contributed by atoms with Gasteiger partial charge in [-0.1, -0.05) is 6.07 Å². The fraction of sp³-hybridized carbons (Fsp3) is 0.611. The third-order valence-corrected chi connectivity index (χ3v) is 6.03. The summed E-state index contributed by atoms with van der Waals surface area (Å²) in [6, 6.07) is 6.89. The maximum Gasteiger partial charge on any atom is 0.254 e. The monoisotopic (exact) mass is 303 g/mol. The molecule has 4 rings (SSSR count). The van der Waals surface area contributed by atoms with Crippen LogP contribution < -0.4 is 4.90 Å². The Hall–Kier alpha value is -1.42. The minimum Gasteiger partial charge on any atom is -0.329 e. The van der Waals surface area contributed by atoms with Gasteiger partial charge in [-0.25, -0.2) is 4.39 Å². The topological polar surface area (TPSA) is 24.8 Å². The molecule has 3 nitrogen and oxygen atoms in total. The fourth-order valence-corrected chi connectivity index (χ4v) is 4.92. The van der Waals surface area contributed by atoms with E-state index in [2.05, 4.69) is 0 Å². The van der Waals surface area contributed by atoms with Gasteiger partial charge in [0.25, 0.3) is 5.91 Å². The molecule has 1 aromatic carbocycles.